The Morgan fingerprint density at radius 3 is 2.43 bits per heavy atom. The molecule has 5 nitrogen and oxygen atoms in total. The average molecular weight is 413 g/mol. The normalized spacial score (nSPS) is 11.2. The van der Waals surface area contributed by atoms with Crippen LogP contribution in [0.15, 0.2) is 89.0 Å². The molecule has 2 N–H and O–H groups in total. The molecule has 0 bridgehead atoms. The van der Waals surface area contributed by atoms with Crippen molar-refractivity contribution in [3.8, 4) is 16.9 Å². The van der Waals surface area contributed by atoms with E-state index < -0.39 is 0 Å². The van der Waals surface area contributed by atoms with Gasteiger partial charge >= 0.3 is 0 Å². The Bertz CT molecular complexity index is 1320. The predicted octanol–water partition coefficient (Wildman–Crippen LogP) is 4.73. The van der Waals surface area contributed by atoms with E-state index in [0.29, 0.717) is 17.8 Å². The topological polar surface area (TPSA) is 62.7 Å². The number of aromatic amines is 1. The fraction of sp³-hybridized carbons (Fsp3) is 0.0833. The van der Waals surface area contributed by atoms with Gasteiger partial charge in [-0.05, 0) is 29.6 Å². The standard InChI is InChI=1S/C24H20N4OS/c29-24-18(15-25-16-20-12-7-13-30-20)14-21-22(17-8-3-1-4-9-17)27-28(23(21)26-24)19-10-5-2-6-11-19/h1-14,25H,15-16H2,(H,26,29). The van der Waals surface area contributed by atoms with Crippen molar-refractivity contribution in [2.75, 3.05) is 0 Å². The number of para-hydroxylation sites is 1. The number of hydrogen-bond acceptors (Lipinski definition) is 4. The minimum atomic E-state index is -0.0992. The van der Waals surface area contributed by atoms with Gasteiger partial charge in [-0.1, -0.05) is 54.6 Å². The molecule has 0 atom stereocenters. The number of nitrogens with zero attached hydrogens (tertiary/aromatic N) is 2. The molecule has 2 aromatic carbocycles. The molecule has 0 saturated carbocycles. The summed E-state index contributed by atoms with van der Waals surface area (Å²) in [4.78, 5) is 17.1. The Labute approximate surface area is 177 Å². The quantitative estimate of drug-likeness (QED) is 0.424. The van der Waals surface area contributed by atoms with Crippen LogP contribution in [0.1, 0.15) is 10.4 Å². The highest BCUT2D eigenvalue weighted by atomic mass is 32.1. The molecule has 5 rings (SSSR count). The fourth-order valence-electron chi connectivity index (χ4n) is 3.54. The van der Waals surface area contributed by atoms with Crippen LogP contribution in [0.5, 0.6) is 0 Å². The van der Waals surface area contributed by atoms with Gasteiger partial charge in [0.1, 0.15) is 11.3 Å². The Morgan fingerprint density at radius 1 is 0.933 bits per heavy atom. The highest BCUT2D eigenvalue weighted by Crippen LogP contribution is 2.28. The number of H-pyrrole nitrogens is 1. The molecule has 0 aliphatic carbocycles. The molecule has 0 amide bonds. The molecule has 0 radical (unpaired) electrons. The lowest BCUT2D eigenvalue weighted by molar-refractivity contribution is 0.695. The first-order valence-electron chi connectivity index (χ1n) is 9.78. The molecule has 6 heteroatoms. The van der Waals surface area contributed by atoms with E-state index in [9.17, 15) is 4.79 Å². The van der Waals surface area contributed by atoms with E-state index in [0.717, 1.165) is 28.9 Å². The highest BCUT2D eigenvalue weighted by Gasteiger charge is 2.16. The molecule has 0 spiro atoms. The van der Waals surface area contributed by atoms with Crippen molar-refractivity contribution in [3.63, 3.8) is 0 Å². The minimum Gasteiger partial charge on any atom is -0.308 e. The monoisotopic (exact) mass is 412 g/mol. The lowest BCUT2D eigenvalue weighted by atomic mass is 10.1. The number of aromatic nitrogens is 3. The maximum atomic E-state index is 12.8. The van der Waals surface area contributed by atoms with Crippen LogP contribution >= 0.6 is 11.3 Å². The molecule has 0 saturated heterocycles. The average Bonchev–Trinajstić information content (AvgIpc) is 3.43. The molecule has 3 heterocycles. The van der Waals surface area contributed by atoms with Gasteiger partial charge in [-0.15, -0.1) is 11.3 Å². The zero-order valence-corrected chi connectivity index (χ0v) is 17.0. The number of hydrogen-bond donors (Lipinski definition) is 2. The molecule has 0 aliphatic rings. The first-order valence-corrected chi connectivity index (χ1v) is 10.7. The lowest BCUT2D eigenvalue weighted by Crippen LogP contribution is -2.20. The summed E-state index contributed by atoms with van der Waals surface area (Å²) in [5.41, 5.74) is 4.07. The van der Waals surface area contributed by atoms with Crippen LogP contribution in [-0.4, -0.2) is 14.8 Å². The molecule has 0 fully saturated rings. The zero-order valence-electron chi connectivity index (χ0n) is 16.2. The highest BCUT2D eigenvalue weighted by molar-refractivity contribution is 7.09. The van der Waals surface area contributed by atoms with Crippen LogP contribution in [-0.2, 0) is 13.1 Å². The molecular formula is C24H20N4OS. The summed E-state index contributed by atoms with van der Waals surface area (Å²) >= 11 is 1.70. The number of pyridine rings is 1. The van der Waals surface area contributed by atoms with Gasteiger partial charge in [0.15, 0.2) is 0 Å². The third-order valence-corrected chi connectivity index (χ3v) is 5.88. The van der Waals surface area contributed by atoms with Crippen LogP contribution < -0.4 is 10.9 Å². The summed E-state index contributed by atoms with van der Waals surface area (Å²) < 4.78 is 1.81. The minimum absolute atomic E-state index is 0.0992. The zero-order chi connectivity index (χ0) is 20.3. The van der Waals surface area contributed by atoms with E-state index in [1.54, 1.807) is 11.3 Å². The van der Waals surface area contributed by atoms with Gasteiger partial charge < -0.3 is 10.3 Å². The summed E-state index contributed by atoms with van der Waals surface area (Å²) in [5, 5.41) is 11.2. The van der Waals surface area contributed by atoms with Gasteiger partial charge in [-0.2, -0.15) is 5.10 Å². The van der Waals surface area contributed by atoms with Gasteiger partial charge in [0.05, 0.1) is 5.69 Å². The molecule has 5 aromatic rings. The van der Waals surface area contributed by atoms with Crippen molar-refractivity contribution in [2.24, 2.45) is 0 Å². The van der Waals surface area contributed by atoms with Crippen LogP contribution in [0.2, 0.25) is 0 Å². The van der Waals surface area contributed by atoms with Gasteiger partial charge in [0.2, 0.25) is 0 Å². The third kappa shape index (κ3) is 3.58. The van der Waals surface area contributed by atoms with Crippen molar-refractivity contribution in [1.29, 1.82) is 0 Å². The smallest absolute Gasteiger partial charge is 0.254 e. The largest absolute Gasteiger partial charge is 0.308 e. The van der Waals surface area contributed by atoms with E-state index in [1.807, 2.05) is 77.5 Å². The summed E-state index contributed by atoms with van der Waals surface area (Å²) in [5.74, 6) is 0. The first-order chi connectivity index (χ1) is 14.8. The number of rotatable bonds is 6. The summed E-state index contributed by atoms with van der Waals surface area (Å²) in [6.45, 7) is 1.23. The van der Waals surface area contributed by atoms with E-state index >= 15 is 0 Å². The van der Waals surface area contributed by atoms with Gasteiger partial charge in [0.25, 0.3) is 5.56 Å². The molecule has 0 aliphatic heterocycles. The van der Waals surface area contributed by atoms with Crippen molar-refractivity contribution >= 4 is 22.4 Å². The van der Waals surface area contributed by atoms with E-state index in [1.165, 1.54) is 4.88 Å². The van der Waals surface area contributed by atoms with Crippen LogP contribution in [0, 0.1) is 0 Å². The molecular weight excluding hydrogens is 392 g/mol. The lowest BCUT2D eigenvalue weighted by Gasteiger charge is -2.05. The Morgan fingerprint density at radius 2 is 1.70 bits per heavy atom. The maximum absolute atomic E-state index is 12.8. The van der Waals surface area contributed by atoms with Crippen molar-refractivity contribution in [1.82, 2.24) is 20.1 Å². The molecule has 3 aromatic heterocycles. The summed E-state index contributed by atoms with van der Waals surface area (Å²) in [6, 6.07) is 26.0. The molecule has 148 valence electrons. The van der Waals surface area contributed by atoms with Crippen LogP contribution in [0.4, 0.5) is 0 Å². The third-order valence-electron chi connectivity index (χ3n) is 5.01. The SMILES string of the molecule is O=c1[nH]c2c(cc1CNCc1cccs1)c(-c1ccccc1)nn2-c1ccccc1. The Kier molecular flexibility index (Phi) is 5.01. The van der Waals surface area contributed by atoms with Crippen LogP contribution in [0.25, 0.3) is 28.0 Å². The van der Waals surface area contributed by atoms with E-state index in [4.69, 9.17) is 5.10 Å². The van der Waals surface area contributed by atoms with Crippen LogP contribution in [0.3, 0.4) is 0 Å². The summed E-state index contributed by atoms with van der Waals surface area (Å²) in [6.07, 6.45) is 0. The second-order valence-electron chi connectivity index (χ2n) is 7.03. The van der Waals surface area contributed by atoms with E-state index in [2.05, 4.69) is 21.7 Å². The van der Waals surface area contributed by atoms with Gasteiger partial charge in [-0.3, -0.25) is 4.79 Å². The fourth-order valence-corrected chi connectivity index (χ4v) is 4.22. The van der Waals surface area contributed by atoms with Crippen molar-refractivity contribution in [2.45, 2.75) is 13.1 Å². The molecule has 30 heavy (non-hydrogen) atoms. The van der Waals surface area contributed by atoms with Gasteiger partial charge in [-0.25, -0.2) is 4.68 Å². The van der Waals surface area contributed by atoms with E-state index in [-0.39, 0.29) is 5.56 Å². The summed E-state index contributed by atoms with van der Waals surface area (Å²) in [7, 11) is 0. The Balaban J connectivity index is 1.59. The Hall–Kier alpha value is -3.48. The predicted molar refractivity (Wildman–Crippen MR) is 122 cm³/mol. The number of fused-ring (bicyclic) bond motifs is 1. The molecule has 0 unspecified atom stereocenters. The first kappa shape index (κ1) is 18.5. The second kappa shape index (κ2) is 8.10. The van der Waals surface area contributed by atoms with Gasteiger partial charge in [0, 0.05) is 34.5 Å². The maximum Gasteiger partial charge on any atom is 0.254 e. The number of thiophene rings is 1. The number of benzene rings is 2. The van der Waals surface area contributed by atoms with Crippen molar-refractivity contribution in [3.05, 3.63) is 105 Å². The number of nitrogens with one attached hydrogen (secondary N) is 2. The van der Waals surface area contributed by atoms with Crippen molar-refractivity contribution < 1.29 is 0 Å². The second-order valence-corrected chi connectivity index (χ2v) is 8.06.